The van der Waals surface area contributed by atoms with E-state index in [2.05, 4.69) is 35.0 Å². The molecule has 3 nitrogen and oxygen atoms in total. The van der Waals surface area contributed by atoms with Crippen LogP contribution in [0, 0.1) is 0 Å². The van der Waals surface area contributed by atoms with Crippen molar-refractivity contribution in [1.29, 1.82) is 0 Å². The molecule has 0 saturated carbocycles. The lowest BCUT2D eigenvalue weighted by atomic mass is 10.1. The van der Waals surface area contributed by atoms with E-state index in [1.807, 2.05) is 42.1 Å². The Labute approximate surface area is 156 Å². The van der Waals surface area contributed by atoms with Gasteiger partial charge in [0.2, 0.25) is 0 Å². The van der Waals surface area contributed by atoms with Crippen molar-refractivity contribution in [3.05, 3.63) is 64.8 Å². The molecule has 4 rings (SSSR count). The molecule has 3 aromatic rings. The van der Waals surface area contributed by atoms with Crippen molar-refractivity contribution < 1.29 is 4.79 Å². The summed E-state index contributed by atoms with van der Waals surface area (Å²) < 4.78 is 2.17. The molecule has 1 atom stereocenters. The van der Waals surface area contributed by atoms with Gasteiger partial charge in [0.05, 0.1) is 5.52 Å². The van der Waals surface area contributed by atoms with E-state index in [1.165, 1.54) is 16.0 Å². The molecule has 0 saturated heterocycles. The van der Waals surface area contributed by atoms with E-state index < -0.39 is 0 Å². The van der Waals surface area contributed by atoms with Gasteiger partial charge in [-0.3, -0.25) is 4.79 Å². The zero-order valence-electron chi connectivity index (χ0n) is 14.0. The molecule has 1 N–H and O–H groups in total. The second kappa shape index (κ2) is 6.77. The Morgan fingerprint density at radius 1 is 1.28 bits per heavy atom. The molecule has 1 aliphatic heterocycles. The van der Waals surface area contributed by atoms with E-state index >= 15 is 0 Å². The van der Waals surface area contributed by atoms with Crippen LogP contribution in [0.1, 0.15) is 23.0 Å². The Hall–Kier alpha value is -1.91. The first-order chi connectivity index (χ1) is 12.1. The molecular formula is C20H19ClN2OS. The first-order valence-electron chi connectivity index (χ1n) is 8.43. The van der Waals surface area contributed by atoms with Crippen LogP contribution < -0.4 is 5.32 Å². The van der Waals surface area contributed by atoms with Gasteiger partial charge >= 0.3 is 0 Å². The van der Waals surface area contributed by atoms with Crippen molar-refractivity contribution in [3.8, 4) is 0 Å². The summed E-state index contributed by atoms with van der Waals surface area (Å²) in [5.41, 5.74) is 3.11. The molecule has 5 heteroatoms. The Kier molecular flexibility index (Phi) is 4.48. The fraction of sp³-hybridized carbons (Fsp3) is 0.250. The minimum Gasteiger partial charge on any atom is -0.350 e. The fourth-order valence-electron chi connectivity index (χ4n) is 3.34. The smallest absolute Gasteiger partial charge is 0.267 e. The van der Waals surface area contributed by atoms with Crippen molar-refractivity contribution in [1.82, 2.24) is 9.88 Å². The quantitative estimate of drug-likeness (QED) is 0.718. The number of benzene rings is 2. The Balaban J connectivity index is 1.52. The standard InChI is InChI=1S/C20H19ClN2OS/c1-13-12-23-17(11-15-3-2-4-18(25-13)19(15)23)20(24)22-10-9-14-5-7-16(21)8-6-14/h2-8,11,13H,9-10,12H2,1H3,(H,22,24)/t13-/m0/s1. The molecule has 1 aliphatic rings. The van der Waals surface area contributed by atoms with E-state index in [0.29, 0.717) is 11.8 Å². The molecule has 2 aromatic carbocycles. The zero-order chi connectivity index (χ0) is 17.4. The second-order valence-electron chi connectivity index (χ2n) is 6.40. The Morgan fingerprint density at radius 2 is 2.08 bits per heavy atom. The normalized spacial score (nSPS) is 16.2. The number of hydrogen-bond donors (Lipinski definition) is 1. The molecule has 25 heavy (non-hydrogen) atoms. The van der Waals surface area contributed by atoms with Gasteiger partial charge in [0.15, 0.2) is 0 Å². The summed E-state index contributed by atoms with van der Waals surface area (Å²) in [5, 5.41) is 5.39. The highest BCUT2D eigenvalue weighted by molar-refractivity contribution is 8.00. The third-order valence-electron chi connectivity index (χ3n) is 4.50. The summed E-state index contributed by atoms with van der Waals surface area (Å²) in [6.45, 7) is 3.68. The molecule has 0 unspecified atom stereocenters. The van der Waals surface area contributed by atoms with Crippen LogP contribution in [-0.4, -0.2) is 22.3 Å². The SMILES string of the molecule is C[C@H]1Cn2c(C(=O)NCCc3ccc(Cl)cc3)cc3cccc(c32)S1. The van der Waals surface area contributed by atoms with Crippen LogP contribution in [0.3, 0.4) is 0 Å². The Morgan fingerprint density at radius 3 is 2.88 bits per heavy atom. The number of carbonyl (C=O) groups excluding carboxylic acids is 1. The highest BCUT2D eigenvalue weighted by atomic mass is 35.5. The number of nitrogens with zero attached hydrogens (tertiary/aromatic N) is 1. The zero-order valence-corrected chi connectivity index (χ0v) is 15.5. The number of carbonyl (C=O) groups is 1. The van der Waals surface area contributed by atoms with Gasteiger partial charge in [0.25, 0.3) is 5.91 Å². The van der Waals surface area contributed by atoms with Gasteiger partial charge in [-0.25, -0.2) is 0 Å². The summed E-state index contributed by atoms with van der Waals surface area (Å²) in [5.74, 6) is -0.00443. The van der Waals surface area contributed by atoms with Crippen LogP contribution in [0.4, 0.5) is 0 Å². The number of aromatic nitrogens is 1. The molecule has 0 aliphatic carbocycles. The number of nitrogens with one attached hydrogen (secondary N) is 1. The van der Waals surface area contributed by atoms with E-state index in [4.69, 9.17) is 11.6 Å². The second-order valence-corrected chi connectivity index (χ2v) is 8.31. The Bertz CT molecular complexity index is 933. The first-order valence-corrected chi connectivity index (χ1v) is 9.69. The fourth-order valence-corrected chi connectivity index (χ4v) is 4.62. The van der Waals surface area contributed by atoms with Crippen molar-refractivity contribution in [3.63, 3.8) is 0 Å². The van der Waals surface area contributed by atoms with Gasteiger partial charge in [0, 0.05) is 33.6 Å². The van der Waals surface area contributed by atoms with Gasteiger partial charge in [-0.2, -0.15) is 0 Å². The van der Waals surface area contributed by atoms with Gasteiger partial charge in [-0.1, -0.05) is 42.8 Å². The van der Waals surface area contributed by atoms with E-state index in [0.717, 1.165) is 29.1 Å². The number of para-hydroxylation sites is 1. The number of thioether (sulfide) groups is 1. The number of amides is 1. The molecule has 0 bridgehead atoms. The van der Waals surface area contributed by atoms with Crippen LogP contribution in [0.25, 0.3) is 10.9 Å². The highest BCUT2D eigenvalue weighted by Gasteiger charge is 2.23. The van der Waals surface area contributed by atoms with Gasteiger partial charge in [0.1, 0.15) is 5.69 Å². The van der Waals surface area contributed by atoms with E-state index in [9.17, 15) is 4.79 Å². The molecule has 128 valence electrons. The van der Waals surface area contributed by atoms with Crippen molar-refractivity contribution in [2.24, 2.45) is 0 Å². The van der Waals surface area contributed by atoms with Crippen LogP contribution in [0.2, 0.25) is 5.02 Å². The van der Waals surface area contributed by atoms with Crippen LogP contribution >= 0.6 is 23.4 Å². The van der Waals surface area contributed by atoms with Crippen molar-refractivity contribution >= 4 is 40.2 Å². The van der Waals surface area contributed by atoms with Gasteiger partial charge < -0.3 is 9.88 Å². The number of hydrogen-bond acceptors (Lipinski definition) is 2. The topological polar surface area (TPSA) is 34.0 Å². The molecule has 0 spiro atoms. The van der Waals surface area contributed by atoms with E-state index in [1.54, 1.807) is 0 Å². The minimum atomic E-state index is -0.00443. The van der Waals surface area contributed by atoms with Crippen molar-refractivity contribution in [2.75, 3.05) is 6.54 Å². The molecule has 1 aromatic heterocycles. The summed E-state index contributed by atoms with van der Waals surface area (Å²) in [7, 11) is 0. The summed E-state index contributed by atoms with van der Waals surface area (Å²) in [4.78, 5) is 14.0. The lowest BCUT2D eigenvalue weighted by Crippen LogP contribution is -2.29. The maximum atomic E-state index is 12.7. The minimum absolute atomic E-state index is 0.00443. The molecule has 1 amide bonds. The predicted octanol–water partition coefficient (Wildman–Crippen LogP) is 4.76. The third kappa shape index (κ3) is 3.29. The summed E-state index contributed by atoms with van der Waals surface area (Å²) >= 11 is 7.79. The van der Waals surface area contributed by atoms with Crippen LogP contribution in [0.15, 0.2) is 53.4 Å². The molecule has 0 fully saturated rings. The van der Waals surface area contributed by atoms with Crippen LogP contribution in [-0.2, 0) is 13.0 Å². The average molecular weight is 371 g/mol. The lowest BCUT2D eigenvalue weighted by molar-refractivity contribution is 0.0945. The van der Waals surface area contributed by atoms with Gasteiger partial charge in [-0.05, 0) is 36.2 Å². The van der Waals surface area contributed by atoms with E-state index in [-0.39, 0.29) is 5.91 Å². The number of rotatable bonds is 4. The monoisotopic (exact) mass is 370 g/mol. The van der Waals surface area contributed by atoms with Crippen molar-refractivity contribution in [2.45, 2.75) is 30.0 Å². The predicted molar refractivity (Wildman–Crippen MR) is 105 cm³/mol. The summed E-state index contributed by atoms with van der Waals surface area (Å²) in [6.07, 6.45) is 0.792. The maximum absolute atomic E-state index is 12.7. The molecular weight excluding hydrogens is 352 g/mol. The number of halogens is 1. The molecule has 2 heterocycles. The highest BCUT2D eigenvalue weighted by Crippen LogP contribution is 2.38. The summed E-state index contributed by atoms with van der Waals surface area (Å²) in [6, 6.07) is 16.0. The third-order valence-corrected chi connectivity index (χ3v) is 5.88. The van der Waals surface area contributed by atoms with Crippen LogP contribution in [0.5, 0.6) is 0 Å². The largest absolute Gasteiger partial charge is 0.350 e. The lowest BCUT2D eigenvalue weighted by Gasteiger charge is -2.22. The average Bonchev–Trinajstić information content (AvgIpc) is 2.96. The maximum Gasteiger partial charge on any atom is 0.267 e. The van der Waals surface area contributed by atoms with Gasteiger partial charge in [-0.15, -0.1) is 11.8 Å². The first kappa shape index (κ1) is 16.6. The molecule has 0 radical (unpaired) electrons.